The number of imide groups is 1. The van der Waals surface area contributed by atoms with Gasteiger partial charge in [0.1, 0.15) is 6.54 Å². The van der Waals surface area contributed by atoms with E-state index in [9.17, 15) is 19.2 Å². The molecule has 1 saturated carbocycles. The number of likely N-dealkylation sites (tertiary alicyclic amines) is 1. The highest BCUT2D eigenvalue weighted by atomic mass is 16.5. The SMILES string of the molecule is O=C(CN1C(=O)C2CCCCC2C1=O)Nc1ccccc1C(=O)NCC1CCCO1. The van der Waals surface area contributed by atoms with E-state index in [0.717, 1.165) is 30.6 Å². The normalized spacial score (nSPS) is 25.9. The largest absolute Gasteiger partial charge is 0.376 e. The predicted octanol–water partition coefficient (Wildman–Crippen LogP) is 1.71. The summed E-state index contributed by atoms with van der Waals surface area (Å²) in [7, 11) is 0. The van der Waals surface area contributed by atoms with E-state index >= 15 is 0 Å². The molecule has 0 bridgehead atoms. The maximum absolute atomic E-state index is 12.6. The van der Waals surface area contributed by atoms with E-state index in [1.807, 2.05) is 0 Å². The lowest BCUT2D eigenvalue weighted by Crippen LogP contribution is -2.38. The van der Waals surface area contributed by atoms with Crippen LogP contribution in [0.4, 0.5) is 5.69 Å². The highest BCUT2D eigenvalue weighted by molar-refractivity contribution is 6.10. The smallest absolute Gasteiger partial charge is 0.253 e. The lowest BCUT2D eigenvalue weighted by molar-refractivity contribution is -0.142. The van der Waals surface area contributed by atoms with Gasteiger partial charge in [0.05, 0.1) is 29.2 Å². The van der Waals surface area contributed by atoms with E-state index < -0.39 is 5.91 Å². The van der Waals surface area contributed by atoms with Crippen molar-refractivity contribution in [3.63, 3.8) is 0 Å². The summed E-state index contributed by atoms with van der Waals surface area (Å²) in [5, 5.41) is 5.53. The van der Waals surface area contributed by atoms with Crippen LogP contribution in [0.3, 0.4) is 0 Å². The van der Waals surface area contributed by atoms with Gasteiger partial charge in [-0.1, -0.05) is 25.0 Å². The fourth-order valence-corrected chi connectivity index (χ4v) is 4.62. The first-order valence-electron chi connectivity index (χ1n) is 10.7. The van der Waals surface area contributed by atoms with Crippen molar-refractivity contribution in [2.75, 3.05) is 25.0 Å². The molecule has 2 aliphatic heterocycles. The molecule has 3 aliphatic rings. The van der Waals surface area contributed by atoms with Gasteiger partial charge in [0.2, 0.25) is 17.7 Å². The minimum absolute atomic E-state index is 0.0198. The molecule has 0 aromatic heterocycles. The molecule has 2 saturated heterocycles. The van der Waals surface area contributed by atoms with Gasteiger partial charge in [0.25, 0.3) is 5.91 Å². The van der Waals surface area contributed by atoms with Gasteiger partial charge >= 0.3 is 0 Å². The summed E-state index contributed by atoms with van der Waals surface area (Å²) in [6.07, 6.45) is 5.22. The molecular weight excluding hydrogens is 386 g/mol. The molecule has 0 spiro atoms. The minimum Gasteiger partial charge on any atom is -0.376 e. The molecule has 3 atom stereocenters. The number of carbonyl (C=O) groups is 4. The highest BCUT2D eigenvalue weighted by Crippen LogP contribution is 2.37. The first-order chi connectivity index (χ1) is 14.5. The van der Waals surface area contributed by atoms with Crippen molar-refractivity contribution in [2.45, 2.75) is 44.6 Å². The van der Waals surface area contributed by atoms with Gasteiger partial charge in [0, 0.05) is 13.2 Å². The topological polar surface area (TPSA) is 105 Å². The zero-order valence-corrected chi connectivity index (χ0v) is 16.9. The van der Waals surface area contributed by atoms with Crippen molar-refractivity contribution in [2.24, 2.45) is 11.8 Å². The van der Waals surface area contributed by atoms with Gasteiger partial charge in [-0.05, 0) is 37.8 Å². The van der Waals surface area contributed by atoms with Crippen LogP contribution in [0, 0.1) is 11.8 Å². The second-order valence-corrected chi connectivity index (χ2v) is 8.20. The van der Waals surface area contributed by atoms with Crippen molar-refractivity contribution in [1.82, 2.24) is 10.2 Å². The molecule has 1 aliphatic carbocycles. The van der Waals surface area contributed by atoms with Crippen molar-refractivity contribution < 1.29 is 23.9 Å². The third-order valence-electron chi connectivity index (χ3n) is 6.19. The Kier molecular flexibility index (Phi) is 6.13. The predicted molar refractivity (Wildman–Crippen MR) is 109 cm³/mol. The molecule has 1 aromatic carbocycles. The van der Waals surface area contributed by atoms with E-state index in [0.29, 0.717) is 37.2 Å². The Bertz CT molecular complexity index is 825. The van der Waals surface area contributed by atoms with Crippen molar-refractivity contribution >= 4 is 29.3 Å². The van der Waals surface area contributed by atoms with Crippen molar-refractivity contribution in [1.29, 1.82) is 0 Å². The van der Waals surface area contributed by atoms with Crippen LogP contribution in [0.25, 0.3) is 0 Å². The zero-order valence-electron chi connectivity index (χ0n) is 16.9. The number of carbonyl (C=O) groups excluding carboxylic acids is 4. The standard InChI is InChI=1S/C22H27N3O5/c26-19(13-25-21(28)15-7-1-2-8-16(15)22(25)29)24-18-10-4-3-9-17(18)20(27)23-12-14-6-5-11-30-14/h3-4,9-10,14-16H,1-2,5-8,11-13H2,(H,23,27)(H,24,26). The Hall–Kier alpha value is -2.74. The summed E-state index contributed by atoms with van der Waals surface area (Å²) in [5.41, 5.74) is 0.681. The molecule has 1 aromatic rings. The summed E-state index contributed by atoms with van der Waals surface area (Å²) in [6.45, 7) is 0.806. The van der Waals surface area contributed by atoms with Crippen LogP contribution in [0.15, 0.2) is 24.3 Å². The molecule has 3 fully saturated rings. The second kappa shape index (κ2) is 8.95. The monoisotopic (exact) mass is 413 g/mol. The third-order valence-corrected chi connectivity index (χ3v) is 6.19. The third kappa shape index (κ3) is 4.23. The molecule has 2 N–H and O–H groups in total. The number of benzene rings is 1. The quantitative estimate of drug-likeness (QED) is 0.691. The van der Waals surface area contributed by atoms with Crippen LogP contribution in [0.1, 0.15) is 48.9 Å². The van der Waals surface area contributed by atoms with E-state index in [2.05, 4.69) is 10.6 Å². The maximum atomic E-state index is 12.6. The van der Waals surface area contributed by atoms with Gasteiger partial charge in [-0.25, -0.2) is 0 Å². The van der Waals surface area contributed by atoms with Crippen molar-refractivity contribution in [3.05, 3.63) is 29.8 Å². The van der Waals surface area contributed by atoms with E-state index in [1.54, 1.807) is 24.3 Å². The Balaban J connectivity index is 1.38. The number of hydrogen-bond donors (Lipinski definition) is 2. The Morgan fingerprint density at radius 2 is 1.70 bits per heavy atom. The molecule has 4 amide bonds. The second-order valence-electron chi connectivity index (χ2n) is 8.20. The number of nitrogens with one attached hydrogen (secondary N) is 2. The van der Waals surface area contributed by atoms with E-state index in [4.69, 9.17) is 4.74 Å². The number of hydrogen-bond acceptors (Lipinski definition) is 5. The molecule has 4 rings (SSSR count). The molecule has 160 valence electrons. The maximum Gasteiger partial charge on any atom is 0.253 e. The average molecular weight is 413 g/mol. The van der Waals surface area contributed by atoms with Crippen LogP contribution in [-0.4, -0.2) is 54.3 Å². The molecule has 2 heterocycles. The van der Waals surface area contributed by atoms with Gasteiger partial charge < -0.3 is 15.4 Å². The summed E-state index contributed by atoms with van der Waals surface area (Å²) >= 11 is 0. The highest BCUT2D eigenvalue weighted by Gasteiger charge is 2.48. The summed E-state index contributed by atoms with van der Waals surface area (Å²) < 4.78 is 5.51. The minimum atomic E-state index is -0.491. The summed E-state index contributed by atoms with van der Waals surface area (Å²) in [4.78, 5) is 51.4. The number of ether oxygens (including phenoxy) is 1. The number of fused-ring (bicyclic) bond motifs is 1. The van der Waals surface area contributed by atoms with Gasteiger partial charge in [-0.3, -0.25) is 24.1 Å². The Morgan fingerprint density at radius 3 is 2.37 bits per heavy atom. The number of anilines is 1. The molecule has 3 unspecified atom stereocenters. The van der Waals surface area contributed by atoms with Gasteiger partial charge in [-0.15, -0.1) is 0 Å². The summed E-state index contributed by atoms with van der Waals surface area (Å²) in [5.74, 6) is -1.86. The Morgan fingerprint density at radius 1 is 1.00 bits per heavy atom. The van der Waals surface area contributed by atoms with Crippen molar-refractivity contribution in [3.8, 4) is 0 Å². The number of nitrogens with zero attached hydrogens (tertiary/aromatic N) is 1. The molecule has 8 nitrogen and oxygen atoms in total. The van der Waals surface area contributed by atoms with Gasteiger partial charge in [0.15, 0.2) is 0 Å². The zero-order chi connectivity index (χ0) is 21.1. The molecular formula is C22H27N3O5. The molecule has 0 radical (unpaired) electrons. The Labute approximate surface area is 175 Å². The summed E-state index contributed by atoms with van der Waals surface area (Å²) in [6, 6.07) is 6.69. The molecule has 8 heteroatoms. The van der Waals surface area contributed by atoms with E-state index in [-0.39, 0.29) is 42.2 Å². The average Bonchev–Trinajstić information content (AvgIpc) is 3.36. The van der Waals surface area contributed by atoms with Crippen LogP contribution in [0.2, 0.25) is 0 Å². The lowest BCUT2D eigenvalue weighted by Gasteiger charge is -2.19. The number of rotatable bonds is 6. The lowest BCUT2D eigenvalue weighted by atomic mass is 9.81. The van der Waals surface area contributed by atoms with E-state index in [1.165, 1.54) is 0 Å². The first-order valence-corrected chi connectivity index (χ1v) is 10.7. The number of amides is 4. The molecule has 30 heavy (non-hydrogen) atoms. The van der Waals surface area contributed by atoms with Crippen LogP contribution < -0.4 is 10.6 Å². The fraction of sp³-hybridized carbons (Fsp3) is 0.545. The number of para-hydroxylation sites is 1. The first kappa shape index (κ1) is 20.5. The van der Waals surface area contributed by atoms with Crippen LogP contribution in [-0.2, 0) is 19.1 Å². The van der Waals surface area contributed by atoms with Crippen LogP contribution in [0.5, 0.6) is 0 Å². The van der Waals surface area contributed by atoms with Gasteiger partial charge in [-0.2, -0.15) is 0 Å². The van der Waals surface area contributed by atoms with Crippen LogP contribution >= 0.6 is 0 Å². The fourth-order valence-electron chi connectivity index (χ4n) is 4.62.